The van der Waals surface area contributed by atoms with Crippen molar-refractivity contribution < 1.29 is 28.5 Å². The van der Waals surface area contributed by atoms with Crippen LogP contribution in [-0.4, -0.2) is 28.8 Å². The SMILES string of the molecule is Cl.O=C1N[C@H](c2cc(O)ccc2O)C(F)(F)CO1. The van der Waals surface area contributed by atoms with Gasteiger partial charge in [-0.2, -0.15) is 0 Å². The van der Waals surface area contributed by atoms with Crippen molar-refractivity contribution >= 4 is 18.5 Å². The van der Waals surface area contributed by atoms with Crippen molar-refractivity contribution in [3.63, 3.8) is 0 Å². The number of hydrogen-bond donors (Lipinski definition) is 3. The fourth-order valence-electron chi connectivity index (χ4n) is 1.59. The molecule has 8 heteroatoms. The lowest BCUT2D eigenvalue weighted by atomic mass is 9.99. The molecule has 1 aliphatic rings. The van der Waals surface area contributed by atoms with E-state index < -0.39 is 30.4 Å². The quantitative estimate of drug-likeness (QED) is 0.687. The first-order valence-electron chi connectivity index (χ1n) is 4.73. The number of phenols is 2. The Morgan fingerprint density at radius 1 is 1.39 bits per heavy atom. The van der Waals surface area contributed by atoms with E-state index in [0.29, 0.717) is 0 Å². The normalized spacial score (nSPS) is 21.4. The molecule has 1 amide bonds. The standard InChI is InChI=1S/C10H9F2NO4.ClH/c11-10(12)4-17-9(16)13-8(10)6-3-5(14)1-2-7(6)15;/h1-3,8,14-15H,4H2,(H,13,16);1H/t8-;/m1./s1. The van der Waals surface area contributed by atoms with Gasteiger partial charge in [-0.1, -0.05) is 0 Å². The zero-order chi connectivity index (χ0) is 12.6. The van der Waals surface area contributed by atoms with Gasteiger partial charge in [0.2, 0.25) is 0 Å². The molecule has 1 saturated heterocycles. The third kappa shape index (κ3) is 2.56. The topological polar surface area (TPSA) is 78.8 Å². The summed E-state index contributed by atoms with van der Waals surface area (Å²) in [7, 11) is 0. The smallest absolute Gasteiger partial charge is 0.408 e. The maximum absolute atomic E-state index is 13.5. The number of benzene rings is 1. The molecule has 1 heterocycles. The highest BCUT2D eigenvalue weighted by Gasteiger charge is 2.47. The molecule has 0 bridgehead atoms. The van der Waals surface area contributed by atoms with E-state index >= 15 is 0 Å². The van der Waals surface area contributed by atoms with Crippen LogP contribution < -0.4 is 5.32 Å². The molecule has 18 heavy (non-hydrogen) atoms. The maximum Gasteiger partial charge on any atom is 0.408 e. The number of aromatic hydroxyl groups is 2. The minimum Gasteiger partial charge on any atom is -0.508 e. The molecule has 1 atom stereocenters. The second-order valence-corrected chi connectivity index (χ2v) is 3.66. The Labute approximate surface area is 107 Å². The summed E-state index contributed by atoms with van der Waals surface area (Å²) < 4.78 is 31.2. The van der Waals surface area contributed by atoms with Crippen LogP contribution in [0.15, 0.2) is 18.2 Å². The van der Waals surface area contributed by atoms with Gasteiger partial charge in [-0.05, 0) is 18.2 Å². The number of halogens is 3. The molecule has 1 fully saturated rings. The molecule has 100 valence electrons. The van der Waals surface area contributed by atoms with Gasteiger partial charge in [0.1, 0.15) is 17.5 Å². The first-order valence-corrected chi connectivity index (χ1v) is 4.73. The summed E-state index contributed by atoms with van der Waals surface area (Å²) in [6.07, 6.45) is -0.997. The molecule has 2 rings (SSSR count). The third-order valence-corrected chi connectivity index (χ3v) is 2.40. The Bertz CT molecular complexity index is 469. The Balaban J connectivity index is 0.00000162. The molecule has 5 nitrogen and oxygen atoms in total. The van der Waals surface area contributed by atoms with Crippen LogP contribution in [0.5, 0.6) is 11.5 Å². The van der Waals surface area contributed by atoms with Crippen molar-refractivity contribution in [1.29, 1.82) is 0 Å². The molecular weight excluding hydrogens is 272 g/mol. The van der Waals surface area contributed by atoms with Crippen molar-refractivity contribution in [3.05, 3.63) is 23.8 Å². The molecule has 1 aromatic rings. The van der Waals surface area contributed by atoms with Gasteiger partial charge in [0, 0.05) is 5.56 Å². The van der Waals surface area contributed by atoms with E-state index in [1.165, 1.54) is 0 Å². The van der Waals surface area contributed by atoms with Crippen molar-refractivity contribution in [2.75, 3.05) is 6.61 Å². The summed E-state index contributed by atoms with van der Waals surface area (Å²) in [6, 6.07) is 1.47. The minimum absolute atomic E-state index is 0. The van der Waals surface area contributed by atoms with Crippen LogP contribution in [0.3, 0.4) is 0 Å². The number of alkyl halides is 2. The highest BCUT2D eigenvalue weighted by atomic mass is 35.5. The van der Waals surface area contributed by atoms with E-state index in [1.807, 2.05) is 5.32 Å². The highest BCUT2D eigenvalue weighted by molar-refractivity contribution is 5.85. The number of phenolic OH excluding ortho intramolecular Hbond substituents is 2. The lowest BCUT2D eigenvalue weighted by Crippen LogP contribution is -2.49. The number of hydrogen-bond acceptors (Lipinski definition) is 4. The van der Waals surface area contributed by atoms with Gasteiger partial charge >= 0.3 is 12.0 Å². The molecule has 0 spiro atoms. The number of ether oxygens (including phenoxy) is 1. The summed E-state index contributed by atoms with van der Waals surface area (Å²) >= 11 is 0. The number of carbonyl (C=O) groups excluding carboxylic acids is 1. The fraction of sp³-hybridized carbons (Fsp3) is 0.300. The van der Waals surface area contributed by atoms with Crippen LogP contribution in [-0.2, 0) is 4.74 Å². The second kappa shape index (κ2) is 4.85. The van der Waals surface area contributed by atoms with Gasteiger partial charge < -0.3 is 20.3 Å². The predicted octanol–water partition coefficient (Wildman–Crippen LogP) is 1.94. The summed E-state index contributed by atoms with van der Waals surface area (Å²) in [6.45, 7) is -1.07. The first kappa shape index (κ1) is 14.3. The third-order valence-electron chi connectivity index (χ3n) is 2.40. The number of alkyl carbamates (subject to hydrolysis) is 1. The first-order chi connectivity index (χ1) is 7.90. The van der Waals surface area contributed by atoms with Crippen LogP contribution in [0.25, 0.3) is 0 Å². The number of nitrogens with one attached hydrogen (secondary N) is 1. The number of rotatable bonds is 1. The van der Waals surface area contributed by atoms with Crippen molar-refractivity contribution in [2.24, 2.45) is 0 Å². The molecule has 1 aromatic carbocycles. The molecule has 0 aromatic heterocycles. The van der Waals surface area contributed by atoms with Gasteiger partial charge in [0.15, 0.2) is 6.61 Å². The van der Waals surface area contributed by atoms with Crippen LogP contribution in [0.2, 0.25) is 0 Å². The summed E-state index contributed by atoms with van der Waals surface area (Å²) in [5.74, 6) is -4.08. The summed E-state index contributed by atoms with van der Waals surface area (Å²) in [5.41, 5.74) is -0.258. The monoisotopic (exact) mass is 281 g/mol. The number of carbonyl (C=O) groups is 1. The molecule has 0 radical (unpaired) electrons. The van der Waals surface area contributed by atoms with E-state index in [0.717, 1.165) is 18.2 Å². The zero-order valence-corrected chi connectivity index (χ0v) is 9.71. The van der Waals surface area contributed by atoms with Gasteiger partial charge in [0.05, 0.1) is 0 Å². The van der Waals surface area contributed by atoms with E-state index in [4.69, 9.17) is 0 Å². The Morgan fingerprint density at radius 2 is 2.06 bits per heavy atom. The van der Waals surface area contributed by atoms with E-state index in [1.54, 1.807) is 0 Å². The molecule has 1 aliphatic heterocycles. The highest BCUT2D eigenvalue weighted by Crippen LogP contribution is 2.39. The maximum atomic E-state index is 13.5. The fourth-order valence-corrected chi connectivity index (χ4v) is 1.59. The average Bonchev–Trinajstić information content (AvgIpc) is 2.26. The van der Waals surface area contributed by atoms with Crippen LogP contribution in [0.1, 0.15) is 11.6 Å². The van der Waals surface area contributed by atoms with Gasteiger partial charge in [-0.25, -0.2) is 13.6 Å². The van der Waals surface area contributed by atoms with E-state index in [9.17, 15) is 23.8 Å². The predicted molar refractivity (Wildman–Crippen MR) is 59.2 cm³/mol. The van der Waals surface area contributed by atoms with Crippen molar-refractivity contribution in [2.45, 2.75) is 12.0 Å². The van der Waals surface area contributed by atoms with E-state index in [-0.39, 0.29) is 23.7 Å². The molecule has 0 saturated carbocycles. The Kier molecular flexibility index (Phi) is 3.85. The lowest BCUT2D eigenvalue weighted by molar-refractivity contribution is -0.104. The van der Waals surface area contributed by atoms with Crippen LogP contribution in [0.4, 0.5) is 13.6 Å². The average molecular weight is 282 g/mol. The molecular formula is C10H10ClF2NO4. The summed E-state index contributed by atoms with van der Waals surface area (Å²) in [5, 5.41) is 20.6. The second-order valence-electron chi connectivity index (χ2n) is 3.66. The van der Waals surface area contributed by atoms with Crippen molar-refractivity contribution in [1.82, 2.24) is 5.32 Å². The van der Waals surface area contributed by atoms with Gasteiger partial charge in [-0.15, -0.1) is 12.4 Å². The summed E-state index contributed by atoms with van der Waals surface area (Å²) in [4.78, 5) is 10.9. The largest absolute Gasteiger partial charge is 0.508 e. The molecule has 0 unspecified atom stereocenters. The zero-order valence-electron chi connectivity index (χ0n) is 8.89. The minimum atomic E-state index is -3.36. The van der Waals surface area contributed by atoms with Gasteiger partial charge in [-0.3, -0.25) is 0 Å². The number of amides is 1. The Hall–Kier alpha value is -1.76. The Morgan fingerprint density at radius 3 is 2.72 bits per heavy atom. The number of cyclic esters (lactones) is 1. The van der Waals surface area contributed by atoms with Crippen molar-refractivity contribution in [3.8, 4) is 11.5 Å². The van der Waals surface area contributed by atoms with Gasteiger partial charge in [0.25, 0.3) is 0 Å². The van der Waals surface area contributed by atoms with E-state index in [2.05, 4.69) is 4.74 Å². The molecule has 0 aliphatic carbocycles. The van der Waals surface area contributed by atoms with Crippen LogP contribution in [0, 0.1) is 0 Å². The molecule has 3 N–H and O–H groups in total. The van der Waals surface area contributed by atoms with Crippen LogP contribution >= 0.6 is 12.4 Å². The lowest BCUT2D eigenvalue weighted by Gasteiger charge is -2.32.